The lowest BCUT2D eigenvalue weighted by molar-refractivity contribution is 0.179. The van der Waals surface area contributed by atoms with Crippen LogP contribution in [0.4, 0.5) is 4.39 Å². The Balaban J connectivity index is 1.50. The lowest BCUT2D eigenvalue weighted by Crippen LogP contribution is -2.38. The van der Waals surface area contributed by atoms with Crippen molar-refractivity contribution in [3.63, 3.8) is 0 Å². The molecule has 1 saturated carbocycles. The SMILES string of the molecule is Cc1cc(O)cc(C)c1CC1CCCC2=Cc3c(cnn3-c3ccc(F)cc3)CC21C. The second-order valence-corrected chi connectivity index (χ2v) is 9.56. The van der Waals surface area contributed by atoms with Crippen LogP contribution in [0.1, 0.15) is 54.1 Å². The quantitative estimate of drug-likeness (QED) is 0.542. The van der Waals surface area contributed by atoms with Gasteiger partial charge in [-0.05, 0) is 122 Å². The van der Waals surface area contributed by atoms with Gasteiger partial charge >= 0.3 is 0 Å². The summed E-state index contributed by atoms with van der Waals surface area (Å²) in [5, 5.41) is 14.6. The van der Waals surface area contributed by atoms with Crippen LogP contribution in [-0.2, 0) is 12.8 Å². The van der Waals surface area contributed by atoms with Gasteiger partial charge < -0.3 is 5.11 Å². The van der Waals surface area contributed by atoms with Crippen molar-refractivity contribution in [3.8, 4) is 11.4 Å². The standard InChI is InChI=1S/C27H29FN2O/c1-17-11-24(31)12-18(2)25(17)13-20-5-4-6-21-14-26-19(15-27(20,21)3)16-29-30(26)23-9-7-22(28)8-10-23/h7-12,14,16,20,31H,4-6,13,15H2,1-3H3. The van der Waals surface area contributed by atoms with Gasteiger partial charge in [0, 0.05) is 0 Å². The van der Waals surface area contributed by atoms with Crippen molar-refractivity contribution in [2.75, 3.05) is 0 Å². The van der Waals surface area contributed by atoms with E-state index in [1.807, 2.05) is 23.0 Å². The summed E-state index contributed by atoms with van der Waals surface area (Å²) in [5.41, 5.74) is 8.64. The van der Waals surface area contributed by atoms with Crippen LogP contribution in [0.3, 0.4) is 0 Å². The molecule has 2 aliphatic rings. The van der Waals surface area contributed by atoms with Gasteiger partial charge in [-0.15, -0.1) is 0 Å². The largest absolute Gasteiger partial charge is 0.508 e. The summed E-state index contributed by atoms with van der Waals surface area (Å²) >= 11 is 0. The molecule has 31 heavy (non-hydrogen) atoms. The molecule has 1 aromatic heterocycles. The molecule has 0 saturated heterocycles. The van der Waals surface area contributed by atoms with E-state index in [0.29, 0.717) is 11.7 Å². The smallest absolute Gasteiger partial charge is 0.123 e. The third-order valence-corrected chi connectivity index (χ3v) is 7.59. The van der Waals surface area contributed by atoms with Crippen molar-refractivity contribution in [1.82, 2.24) is 9.78 Å². The van der Waals surface area contributed by atoms with Gasteiger partial charge in [0.05, 0.1) is 17.6 Å². The number of hydrogen-bond acceptors (Lipinski definition) is 2. The van der Waals surface area contributed by atoms with Crippen LogP contribution in [0.5, 0.6) is 5.75 Å². The molecule has 1 heterocycles. The van der Waals surface area contributed by atoms with Crippen LogP contribution in [0.15, 0.2) is 48.2 Å². The molecule has 160 valence electrons. The van der Waals surface area contributed by atoms with Gasteiger partial charge in [-0.3, -0.25) is 0 Å². The molecule has 0 radical (unpaired) electrons. The first kappa shape index (κ1) is 20.0. The number of fused-ring (bicyclic) bond motifs is 2. The van der Waals surface area contributed by atoms with E-state index in [0.717, 1.165) is 30.6 Å². The summed E-state index contributed by atoms with van der Waals surface area (Å²) < 4.78 is 15.3. The second-order valence-electron chi connectivity index (χ2n) is 9.56. The maximum absolute atomic E-state index is 13.4. The van der Waals surface area contributed by atoms with Crippen molar-refractivity contribution < 1.29 is 9.50 Å². The zero-order chi connectivity index (χ0) is 21.8. The molecule has 5 rings (SSSR count). The Morgan fingerprint density at radius 2 is 1.87 bits per heavy atom. The number of allylic oxidation sites excluding steroid dienone is 1. The Kier molecular flexibility index (Phi) is 4.76. The average Bonchev–Trinajstić information content (AvgIpc) is 3.11. The lowest BCUT2D eigenvalue weighted by Gasteiger charge is -2.46. The number of benzene rings is 2. The highest BCUT2D eigenvalue weighted by Gasteiger charge is 2.43. The van der Waals surface area contributed by atoms with E-state index < -0.39 is 0 Å². The summed E-state index contributed by atoms with van der Waals surface area (Å²) in [5.74, 6) is 0.673. The molecule has 2 aromatic carbocycles. The van der Waals surface area contributed by atoms with Gasteiger partial charge in [0.2, 0.25) is 0 Å². The van der Waals surface area contributed by atoms with E-state index in [2.05, 4.69) is 31.9 Å². The van der Waals surface area contributed by atoms with Gasteiger partial charge in [-0.25, -0.2) is 9.07 Å². The molecular weight excluding hydrogens is 387 g/mol. The zero-order valence-electron chi connectivity index (χ0n) is 18.5. The van der Waals surface area contributed by atoms with E-state index >= 15 is 0 Å². The van der Waals surface area contributed by atoms with E-state index in [1.165, 1.54) is 52.8 Å². The number of phenolic OH excluding ortho intramolecular Hbond substituents is 1. The topological polar surface area (TPSA) is 38.1 Å². The fourth-order valence-corrected chi connectivity index (χ4v) is 5.80. The fraction of sp³-hybridized carbons (Fsp3) is 0.370. The first-order valence-corrected chi connectivity index (χ1v) is 11.2. The van der Waals surface area contributed by atoms with Crippen molar-refractivity contribution in [1.29, 1.82) is 0 Å². The zero-order valence-corrected chi connectivity index (χ0v) is 18.5. The number of phenols is 1. The molecule has 2 aliphatic carbocycles. The van der Waals surface area contributed by atoms with Crippen LogP contribution in [0, 0.1) is 31.0 Å². The fourth-order valence-electron chi connectivity index (χ4n) is 5.80. The minimum atomic E-state index is -0.231. The minimum Gasteiger partial charge on any atom is -0.508 e. The Morgan fingerprint density at radius 3 is 2.58 bits per heavy atom. The molecule has 1 N–H and O–H groups in total. The highest BCUT2D eigenvalue weighted by molar-refractivity contribution is 5.61. The Labute approximate surface area is 183 Å². The van der Waals surface area contributed by atoms with Gasteiger partial charge in [-0.1, -0.05) is 12.5 Å². The molecule has 2 atom stereocenters. The predicted molar refractivity (Wildman–Crippen MR) is 122 cm³/mol. The first-order valence-electron chi connectivity index (χ1n) is 11.2. The van der Waals surface area contributed by atoms with Crippen LogP contribution in [0.2, 0.25) is 0 Å². The van der Waals surface area contributed by atoms with Gasteiger partial charge in [0.1, 0.15) is 11.6 Å². The van der Waals surface area contributed by atoms with E-state index in [9.17, 15) is 9.50 Å². The van der Waals surface area contributed by atoms with Crippen molar-refractivity contribution in [3.05, 3.63) is 81.9 Å². The summed E-state index contributed by atoms with van der Waals surface area (Å²) in [7, 11) is 0. The number of hydrogen-bond donors (Lipinski definition) is 1. The maximum Gasteiger partial charge on any atom is 0.123 e. The monoisotopic (exact) mass is 416 g/mol. The molecule has 2 unspecified atom stereocenters. The number of aromatic hydroxyl groups is 1. The predicted octanol–water partition coefficient (Wildman–Crippen LogP) is 6.32. The third kappa shape index (κ3) is 3.38. The number of aryl methyl sites for hydroxylation is 2. The molecular formula is C27H29FN2O. The van der Waals surface area contributed by atoms with Gasteiger partial charge in [-0.2, -0.15) is 5.10 Å². The molecule has 0 amide bonds. The Morgan fingerprint density at radius 1 is 1.16 bits per heavy atom. The normalized spacial score (nSPS) is 22.6. The van der Waals surface area contributed by atoms with E-state index in [1.54, 1.807) is 12.1 Å². The highest BCUT2D eigenvalue weighted by atomic mass is 19.1. The molecule has 3 aromatic rings. The van der Waals surface area contributed by atoms with Crippen LogP contribution in [0.25, 0.3) is 11.8 Å². The summed E-state index contributed by atoms with van der Waals surface area (Å²) in [6.07, 6.45) is 9.88. The number of nitrogens with zero attached hydrogens (tertiary/aromatic N) is 2. The summed E-state index contributed by atoms with van der Waals surface area (Å²) in [6.45, 7) is 6.64. The molecule has 0 bridgehead atoms. The lowest BCUT2D eigenvalue weighted by atomic mass is 9.58. The van der Waals surface area contributed by atoms with Crippen LogP contribution >= 0.6 is 0 Å². The van der Waals surface area contributed by atoms with Crippen molar-refractivity contribution in [2.45, 2.75) is 52.9 Å². The number of rotatable bonds is 3. The molecule has 0 aliphatic heterocycles. The molecule has 4 heteroatoms. The molecule has 1 fully saturated rings. The van der Waals surface area contributed by atoms with E-state index in [4.69, 9.17) is 0 Å². The molecule has 3 nitrogen and oxygen atoms in total. The summed E-state index contributed by atoms with van der Waals surface area (Å²) in [4.78, 5) is 0. The maximum atomic E-state index is 13.4. The Bertz CT molecular complexity index is 1150. The second kappa shape index (κ2) is 7.37. The molecule has 0 spiro atoms. The van der Waals surface area contributed by atoms with Crippen LogP contribution < -0.4 is 0 Å². The summed E-state index contributed by atoms with van der Waals surface area (Å²) in [6, 6.07) is 10.3. The average molecular weight is 417 g/mol. The van der Waals surface area contributed by atoms with Gasteiger partial charge in [0.25, 0.3) is 0 Å². The number of halogens is 1. The van der Waals surface area contributed by atoms with Crippen molar-refractivity contribution in [2.24, 2.45) is 11.3 Å². The highest BCUT2D eigenvalue weighted by Crippen LogP contribution is 2.52. The van der Waals surface area contributed by atoms with E-state index in [-0.39, 0.29) is 11.2 Å². The first-order chi connectivity index (χ1) is 14.8. The third-order valence-electron chi connectivity index (χ3n) is 7.59. The number of aromatic nitrogens is 2. The Hall–Kier alpha value is -2.88. The van der Waals surface area contributed by atoms with Crippen LogP contribution in [-0.4, -0.2) is 14.9 Å². The minimum absolute atomic E-state index is 0.110. The van der Waals surface area contributed by atoms with Gasteiger partial charge in [0.15, 0.2) is 0 Å². The van der Waals surface area contributed by atoms with Crippen molar-refractivity contribution >= 4 is 6.08 Å².